The van der Waals surface area contributed by atoms with Gasteiger partial charge in [-0.1, -0.05) is 11.6 Å². The standard InChI is InChI=1S/C11H16BClN2O3/c1-10(2)11(3,4)18-12(17-10)9-14-6-7(16-5)8(13)15-9/h6H,1-5H3. The average molecular weight is 271 g/mol. The van der Waals surface area contributed by atoms with Crippen molar-refractivity contribution in [1.29, 1.82) is 0 Å². The maximum atomic E-state index is 5.96. The van der Waals surface area contributed by atoms with Crippen LogP contribution >= 0.6 is 11.6 Å². The highest BCUT2D eigenvalue weighted by Gasteiger charge is 2.53. The monoisotopic (exact) mass is 270 g/mol. The number of nitrogens with zero attached hydrogens (tertiary/aromatic N) is 2. The Kier molecular flexibility index (Phi) is 3.29. The Labute approximate surface area is 112 Å². The second-order valence-electron chi connectivity index (χ2n) is 5.18. The van der Waals surface area contributed by atoms with Crippen LogP contribution < -0.4 is 10.5 Å². The third kappa shape index (κ3) is 2.20. The van der Waals surface area contributed by atoms with E-state index in [9.17, 15) is 0 Å². The number of aromatic nitrogens is 2. The van der Waals surface area contributed by atoms with Gasteiger partial charge in [0.2, 0.25) is 0 Å². The maximum Gasteiger partial charge on any atom is 0.534 e. The van der Waals surface area contributed by atoms with Crippen LogP contribution in [-0.2, 0) is 9.31 Å². The molecule has 0 spiro atoms. The topological polar surface area (TPSA) is 53.5 Å². The van der Waals surface area contributed by atoms with E-state index in [1.807, 2.05) is 27.7 Å². The second-order valence-corrected chi connectivity index (χ2v) is 5.53. The highest BCUT2D eigenvalue weighted by atomic mass is 35.5. The number of halogens is 1. The Bertz CT molecular complexity index is 452. The van der Waals surface area contributed by atoms with Crippen LogP contribution in [0.5, 0.6) is 5.75 Å². The molecule has 1 saturated heterocycles. The zero-order valence-electron chi connectivity index (χ0n) is 11.2. The van der Waals surface area contributed by atoms with E-state index in [2.05, 4.69) is 9.97 Å². The van der Waals surface area contributed by atoms with Crippen LogP contribution in [0.2, 0.25) is 5.15 Å². The van der Waals surface area contributed by atoms with Crippen molar-refractivity contribution in [1.82, 2.24) is 9.97 Å². The van der Waals surface area contributed by atoms with Crippen molar-refractivity contribution in [2.75, 3.05) is 7.11 Å². The van der Waals surface area contributed by atoms with Crippen LogP contribution in [-0.4, -0.2) is 35.4 Å². The zero-order valence-corrected chi connectivity index (χ0v) is 11.9. The largest absolute Gasteiger partial charge is 0.534 e. The maximum absolute atomic E-state index is 5.96. The van der Waals surface area contributed by atoms with E-state index < -0.39 is 18.3 Å². The summed E-state index contributed by atoms with van der Waals surface area (Å²) in [6, 6.07) is 0. The third-order valence-electron chi connectivity index (χ3n) is 3.41. The van der Waals surface area contributed by atoms with Crippen LogP contribution in [0.4, 0.5) is 0 Å². The first-order valence-electron chi connectivity index (χ1n) is 5.69. The van der Waals surface area contributed by atoms with Crippen LogP contribution in [0.15, 0.2) is 6.20 Å². The molecule has 0 aromatic carbocycles. The minimum atomic E-state index is -0.613. The van der Waals surface area contributed by atoms with Gasteiger partial charge in [0.25, 0.3) is 0 Å². The molecule has 0 unspecified atom stereocenters. The Morgan fingerprint density at radius 1 is 1.22 bits per heavy atom. The molecule has 2 rings (SSSR count). The van der Waals surface area contributed by atoms with Gasteiger partial charge in [-0.05, 0) is 27.7 Å². The molecule has 1 aromatic rings. The van der Waals surface area contributed by atoms with Gasteiger partial charge in [-0.2, -0.15) is 0 Å². The minimum absolute atomic E-state index is 0.247. The molecule has 1 aromatic heterocycles. The quantitative estimate of drug-likeness (QED) is 0.601. The molecular weight excluding hydrogens is 254 g/mol. The number of hydrogen-bond donors (Lipinski definition) is 0. The molecule has 5 nitrogen and oxygen atoms in total. The molecule has 18 heavy (non-hydrogen) atoms. The molecule has 1 aliphatic rings. The van der Waals surface area contributed by atoms with Gasteiger partial charge in [0.1, 0.15) is 0 Å². The number of rotatable bonds is 2. The Morgan fingerprint density at radius 3 is 2.22 bits per heavy atom. The van der Waals surface area contributed by atoms with Gasteiger partial charge in [0.15, 0.2) is 16.6 Å². The molecule has 2 heterocycles. The van der Waals surface area contributed by atoms with E-state index >= 15 is 0 Å². The molecule has 0 amide bonds. The first-order chi connectivity index (χ1) is 8.27. The van der Waals surface area contributed by atoms with Gasteiger partial charge < -0.3 is 14.0 Å². The normalized spacial score (nSPS) is 21.1. The van der Waals surface area contributed by atoms with Crippen LogP contribution in [0.1, 0.15) is 27.7 Å². The van der Waals surface area contributed by atoms with Crippen molar-refractivity contribution in [2.45, 2.75) is 38.9 Å². The summed E-state index contributed by atoms with van der Waals surface area (Å²) in [5, 5.41) is 0.247. The summed E-state index contributed by atoms with van der Waals surface area (Å²) >= 11 is 5.96. The Balaban J connectivity index is 2.27. The van der Waals surface area contributed by atoms with Crippen LogP contribution in [0.25, 0.3) is 0 Å². The lowest BCUT2D eigenvalue weighted by molar-refractivity contribution is 0.00578. The summed E-state index contributed by atoms with van der Waals surface area (Å²) in [6.07, 6.45) is 1.51. The predicted molar refractivity (Wildman–Crippen MR) is 69.3 cm³/mol. The molecule has 0 atom stereocenters. The minimum Gasteiger partial charge on any atom is -0.492 e. The Hall–Kier alpha value is -0.845. The third-order valence-corrected chi connectivity index (χ3v) is 3.68. The molecule has 1 fully saturated rings. The molecule has 0 aliphatic carbocycles. The van der Waals surface area contributed by atoms with E-state index in [1.54, 1.807) is 0 Å². The molecule has 0 saturated carbocycles. The molecule has 0 N–H and O–H groups in total. The SMILES string of the molecule is COc1cnc(B2OC(C)(C)C(C)(C)O2)nc1Cl. The van der Waals surface area contributed by atoms with E-state index in [-0.39, 0.29) is 5.15 Å². The predicted octanol–water partition coefficient (Wildman–Crippen LogP) is 1.44. The van der Waals surface area contributed by atoms with Crippen molar-refractivity contribution in [3.05, 3.63) is 11.3 Å². The lowest BCUT2D eigenvalue weighted by atomic mass is 9.89. The second kappa shape index (κ2) is 4.37. The van der Waals surface area contributed by atoms with Crippen molar-refractivity contribution in [3.8, 4) is 5.75 Å². The van der Waals surface area contributed by atoms with Gasteiger partial charge >= 0.3 is 7.12 Å². The van der Waals surface area contributed by atoms with E-state index in [0.717, 1.165) is 0 Å². The molecular formula is C11H16BClN2O3. The fourth-order valence-electron chi connectivity index (χ4n) is 1.56. The summed E-state index contributed by atoms with van der Waals surface area (Å²) in [5.74, 6) is 0.428. The smallest absolute Gasteiger partial charge is 0.492 e. The van der Waals surface area contributed by atoms with Crippen molar-refractivity contribution in [2.24, 2.45) is 0 Å². The summed E-state index contributed by atoms with van der Waals surface area (Å²) in [6.45, 7) is 7.88. The van der Waals surface area contributed by atoms with Crippen LogP contribution in [0, 0.1) is 0 Å². The van der Waals surface area contributed by atoms with Gasteiger partial charge in [0, 0.05) is 0 Å². The summed E-state index contributed by atoms with van der Waals surface area (Å²) in [7, 11) is 0.900. The number of ether oxygens (including phenoxy) is 1. The average Bonchev–Trinajstić information content (AvgIpc) is 2.48. The molecule has 0 bridgehead atoms. The van der Waals surface area contributed by atoms with Crippen LogP contribution in [0.3, 0.4) is 0 Å². The zero-order chi connectivity index (χ0) is 13.6. The molecule has 0 radical (unpaired) electrons. The van der Waals surface area contributed by atoms with E-state index in [0.29, 0.717) is 11.5 Å². The lowest BCUT2D eigenvalue weighted by Gasteiger charge is -2.32. The van der Waals surface area contributed by atoms with E-state index in [4.69, 9.17) is 25.6 Å². The lowest BCUT2D eigenvalue weighted by Crippen LogP contribution is -2.41. The molecule has 98 valence electrons. The summed E-state index contributed by atoms with van der Waals surface area (Å²) in [5.41, 5.74) is -0.444. The highest BCUT2D eigenvalue weighted by Crippen LogP contribution is 2.36. The molecule has 1 aliphatic heterocycles. The molecule has 7 heteroatoms. The Morgan fingerprint density at radius 2 is 1.78 bits per heavy atom. The van der Waals surface area contributed by atoms with Gasteiger partial charge in [-0.3, -0.25) is 0 Å². The summed E-state index contributed by atoms with van der Waals surface area (Å²) < 4.78 is 16.7. The fraction of sp³-hybridized carbons (Fsp3) is 0.636. The first-order valence-corrected chi connectivity index (χ1v) is 6.07. The number of hydrogen-bond acceptors (Lipinski definition) is 5. The van der Waals surface area contributed by atoms with Crippen molar-refractivity contribution >= 4 is 24.4 Å². The highest BCUT2D eigenvalue weighted by molar-refractivity contribution is 6.60. The first kappa shape index (κ1) is 13.6. The van der Waals surface area contributed by atoms with Gasteiger partial charge in [-0.25, -0.2) is 9.97 Å². The van der Waals surface area contributed by atoms with Crippen molar-refractivity contribution in [3.63, 3.8) is 0 Å². The summed E-state index contributed by atoms with van der Waals surface area (Å²) in [4.78, 5) is 8.29. The fourth-order valence-corrected chi connectivity index (χ4v) is 1.77. The van der Waals surface area contributed by atoms with Gasteiger partial charge in [-0.15, -0.1) is 0 Å². The van der Waals surface area contributed by atoms with E-state index in [1.165, 1.54) is 13.3 Å². The number of methoxy groups -OCH3 is 1. The van der Waals surface area contributed by atoms with Crippen molar-refractivity contribution < 1.29 is 14.0 Å². The van der Waals surface area contributed by atoms with Gasteiger partial charge in [0.05, 0.1) is 24.5 Å².